The van der Waals surface area contributed by atoms with Crippen LogP contribution in [-0.4, -0.2) is 13.0 Å². The number of hydrogen-bond acceptors (Lipinski definition) is 4. The average Bonchev–Trinajstić information content (AvgIpc) is 3.16. The van der Waals surface area contributed by atoms with Crippen LogP contribution in [0.25, 0.3) is 0 Å². The minimum atomic E-state index is -4.61. The Morgan fingerprint density at radius 1 is 1.14 bits per heavy atom. The van der Waals surface area contributed by atoms with E-state index in [2.05, 4.69) is 5.32 Å². The molecule has 0 aliphatic rings. The molecule has 1 heterocycles. The molecular formula is C20H15ClF3NO3S. The Hall–Kier alpha value is -2.71. The molecular weight excluding hydrogens is 427 g/mol. The third kappa shape index (κ3) is 5.42. The van der Waals surface area contributed by atoms with Crippen molar-refractivity contribution in [2.75, 3.05) is 12.4 Å². The Labute approximate surface area is 173 Å². The number of rotatable bonds is 6. The molecule has 0 aliphatic heterocycles. The lowest BCUT2D eigenvalue weighted by molar-refractivity contribution is -0.137. The Morgan fingerprint density at radius 2 is 1.90 bits per heavy atom. The molecule has 0 atom stereocenters. The molecule has 3 aromatic rings. The number of anilines is 1. The minimum Gasteiger partial charge on any atom is -0.497 e. The molecule has 3 rings (SSSR count). The van der Waals surface area contributed by atoms with Crippen molar-refractivity contribution in [3.63, 3.8) is 0 Å². The summed E-state index contributed by atoms with van der Waals surface area (Å²) in [6.07, 6.45) is -4.61. The molecule has 2 aromatic carbocycles. The fourth-order valence-corrected chi connectivity index (χ4v) is 3.46. The molecule has 1 N–H and O–H groups in total. The minimum absolute atomic E-state index is 0.00862. The lowest BCUT2D eigenvalue weighted by atomic mass is 10.2. The fraction of sp³-hybridized carbons (Fsp3) is 0.150. The number of hydrogen-bond donors (Lipinski definition) is 1. The monoisotopic (exact) mass is 441 g/mol. The second-order valence-electron chi connectivity index (χ2n) is 5.93. The van der Waals surface area contributed by atoms with Gasteiger partial charge in [-0.1, -0.05) is 17.7 Å². The number of amides is 1. The summed E-state index contributed by atoms with van der Waals surface area (Å²) < 4.78 is 49.6. The first-order valence-electron chi connectivity index (χ1n) is 8.28. The molecule has 0 radical (unpaired) electrons. The van der Waals surface area contributed by atoms with Crippen LogP contribution in [0.4, 0.5) is 18.9 Å². The Balaban J connectivity index is 1.65. The average molecular weight is 442 g/mol. The van der Waals surface area contributed by atoms with E-state index in [1.165, 1.54) is 17.4 Å². The zero-order valence-corrected chi connectivity index (χ0v) is 16.6. The largest absolute Gasteiger partial charge is 0.497 e. The van der Waals surface area contributed by atoms with Gasteiger partial charge >= 0.3 is 6.18 Å². The van der Waals surface area contributed by atoms with Crippen LogP contribution >= 0.6 is 22.9 Å². The molecule has 0 aliphatic carbocycles. The van der Waals surface area contributed by atoms with Gasteiger partial charge in [-0.05, 0) is 41.8 Å². The van der Waals surface area contributed by atoms with E-state index in [-0.39, 0.29) is 12.3 Å². The summed E-state index contributed by atoms with van der Waals surface area (Å²) in [4.78, 5) is 12.7. The van der Waals surface area contributed by atoms with E-state index in [0.717, 1.165) is 17.7 Å². The SMILES string of the molecule is COc1cccc(OCc2csc(C(=O)Nc3ccc(Cl)c(C(F)(F)F)c3)c2)c1. The number of carbonyl (C=O) groups is 1. The van der Waals surface area contributed by atoms with Crippen molar-refractivity contribution < 1.29 is 27.4 Å². The summed E-state index contributed by atoms with van der Waals surface area (Å²) in [6.45, 7) is 0.232. The highest BCUT2D eigenvalue weighted by atomic mass is 35.5. The van der Waals surface area contributed by atoms with Gasteiger partial charge in [0.2, 0.25) is 0 Å². The number of halogens is 4. The number of nitrogens with one attached hydrogen (secondary N) is 1. The maximum Gasteiger partial charge on any atom is 0.417 e. The lowest BCUT2D eigenvalue weighted by Gasteiger charge is -2.11. The number of alkyl halides is 3. The molecule has 0 saturated heterocycles. The van der Waals surface area contributed by atoms with Crippen LogP contribution in [0.1, 0.15) is 20.8 Å². The van der Waals surface area contributed by atoms with Crippen molar-refractivity contribution in [2.45, 2.75) is 12.8 Å². The van der Waals surface area contributed by atoms with Crippen LogP contribution in [-0.2, 0) is 12.8 Å². The zero-order valence-electron chi connectivity index (χ0n) is 15.0. The van der Waals surface area contributed by atoms with Crippen molar-refractivity contribution >= 4 is 34.5 Å². The van der Waals surface area contributed by atoms with Gasteiger partial charge in [-0.3, -0.25) is 4.79 Å². The van der Waals surface area contributed by atoms with E-state index < -0.39 is 22.7 Å². The van der Waals surface area contributed by atoms with E-state index in [1.807, 2.05) is 0 Å². The normalized spacial score (nSPS) is 11.2. The highest BCUT2D eigenvalue weighted by Crippen LogP contribution is 2.36. The van der Waals surface area contributed by atoms with Crippen molar-refractivity contribution in [3.05, 3.63) is 74.9 Å². The van der Waals surface area contributed by atoms with E-state index in [1.54, 1.807) is 42.8 Å². The molecule has 0 fully saturated rings. The van der Waals surface area contributed by atoms with Gasteiger partial charge in [-0.2, -0.15) is 13.2 Å². The third-order valence-electron chi connectivity index (χ3n) is 3.85. The number of ether oxygens (including phenoxy) is 2. The highest BCUT2D eigenvalue weighted by Gasteiger charge is 2.33. The van der Waals surface area contributed by atoms with Gasteiger partial charge in [-0.25, -0.2) is 0 Å². The van der Waals surface area contributed by atoms with E-state index >= 15 is 0 Å². The first-order valence-corrected chi connectivity index (χ1v) is 9.54. The van der Waals surface area contributed by atoms with Crippen LogP contribution in [0.3, 0.4) is 0 Å². The highest BCUT2D eigenvalue weighted by molar-refractivity contribution is 7.12. The van der Waals surface area contributed by atoms with Crippen molar-refractivity contribution in [1.82, 2.24) is 0 Å². The fourth-order valence-electron chi connectivity index (χ4n) is 2.44. The van der Waals surface area contributed by atoms with Crippen molar-refractivity contribution in [3.8, 4) is 11.5 Å². The topological polar surface area (TPSA) is 47.6 Å². The number of methoxy groups -OCH3 is 1. The first-order chi connectivity index (χ1) is 13.8. The van der Waals surface area contributed by atoms with E-state index in [9.17, 15) is 18.0 Å². The standard InChI is InChI=1S/C20H15ClF3NO3S/c1-27-14-3-2-4-15(9-14)28-10-12-7-18(29-11-12)19(26)25-13-5-6-17(21)16(8-13)20(22,23)24/h2-9,11H,10H2,1H3,(H,25,26). The lowest BCUT2D eigenvalue weighted by Crippen LogP contribution is -2.12. The molecule has 0 unspecified atom stereocenters. The summed E-state index contributed by atoms with van der Waals surface area (Å²) in [5, 5.41) is 3.78. The van der Waals surface area contributed by atoms with Crippen LogP contribution in [0.5, 0.6) is 11.5 Å². The van der Waals surface area contributed by atoms with Gasteiger partial charge in [0.05, 0.1) is 22.6 Å². The quantitative estimate of drug-likeness (QED) is 0.491. The summed E-state index contributed by atoms with van der Waals surface area (Å²) in [5.74, 6) is 0.759. The molecule has 4 nitrogen and oxygen atoms in total. The molecule has 1 aromatic heterocycles. The predicted molar refractivity (Wildman–Crippen MR) is 106 cm³/mol. The predicted octanol–water partition coefficient (Wildman–Crippen LogP) is 6.26. The Bertz CT molecular complexity index is 1020. The van der Waals surface area contributed by atoms with Gasteiger partial charge in [0, 0.05) is 17.3 Å². The van der Waals surface area contributed by atoms with Crippen LogP contribution in [0.2, 0.25) is 5.02 Å². The summed E-state index contributed by atoms with van der Waals surface area (Å²) in [6, 6.07) is 11.9. The smallest absolute Gasteiger partial charge is 0.417 e. The summed E-state index contributed by atoms with van der Waals surface area (Å²) >= 11 is 6.76. The zero-order chi connectivity index (χ0) is 21.0. The summed E-state index contributed by atoms with van der Waals surface area (Å²) in [5.41, 5.74) is -0.236. The number of carbonyl (C=O) groups excluding carboxylic acids is 1. The van der Waals surface area contributed by atoms with Crippen molar-refractivity contribution in [2.24, 2.45) is 0 Å². The molecule has 152 valence electrons. The molecule has 0 saturated carbocycles. The maximum absolute atomic E-state index is 12.9. The Morgan fingerprint density at radius 3 is 2.62 bits per heavy atom. The third-order valence-corrected chi connectivity index (χ3v) is 5.16. The van der Waals surface area contributed by atoms with Gasteiger partial charge in [-0.15, -0.1) is 11.3 Å². The molecule has 29 heavy (non-hydrogen) atoms. The molecule has 9 heteroatoms. The molecule has 1 amide bonds. The van der Waals surface area contributed by atoms with Crippen LogP contribution in [0, 0.1) is 0 Å². The van der Waals surface area contributed by atoms with E-state index in [4.69, 9.17) is 21.1 Å². The van der Waals surface area contributed by atoms with Crippen LogP contribution in [0.15, 0.2) is 53.9 Å². The number of thiophene rings is 1. The number of benzene rings is 2. The van der Waals surface area contributed by atoms with E-state index in [0.29, 0.717) is 16.4 Å². The maximum atomic E-state index is 12.9. The molecule has 0 spiro atoms. The summed E-state index contributed by atoms with van der Waals surface area (Å²) in [7, 11) is 1.56. The second kappa shape index (κ2) is 8.75. The van der Waals surface area contributed by atoms with Gasteiger partial charge < -0.3 is 14.8 Å². The van der Waals surface area contributed by atoms with Gasteiger partial charge in [0.25, 0.3) is 5.91 Å². The second-order valence-corrected chi connectivity index (χ2v) is 7.25. The van der Waals surface area contributed by atoms with Gasteiger partial charge in [0.15, 0.2) is 0 Å². The molecule has 0 bridgehead atoms. The first kappa shape index (κ1) is 21.0. The van der Waals surface area contributed by atoms with Crippen molar-refractivity contribution in [1.29, 1.82) is 0 Å². The van der Waals surface area contributed by atoms with Crippen LogP contribution < -0.4 is 14.8 Å². The van der Waals surface area contributed by atoms with Gasteiger partial charge in [0.1, 0.15) is 18.1 Å². The Kier molecular flexibility index (Phi) is 6.34.